The maximum Gasteiger partial charge on any atom is 0.332 e. The Balaban J connectivity index is 2.30. The normalized spacial score (nSPS) is 10.4. The number of hydrogen-bond acceptors (Lipinski definition) is 6. The number of nitrogens with zero attached hydrogens (tertiary/aromatic N) is 7. The van der Waals surface area contributed by atoms with Crippen LogP contribution in [-0.4, -0.2) is 28.7 Å². The molecule has 0 saturated carbocycles. The van der Waals surface area contributed by atoms with Crippen LogP contribution in [0.2, 0.25) is 0 Å². The van der Waals surface area contributed by atoms with Crippen LogP contribution in [0.5, 0.6) is 0 Å². The van der Waals surface area contributed by atoms with Gasteiger partial charge in [-0.2, -0.15) is 5.26 Å². The third-order valence-electron chi connectivity index (χ3n) is 3.79. The molecule has 0 aliphatic heterocycles. The van der Waals surface area contributed by atoms with Crippen LogP contribution in [0.1, 0.15) is 18.3 Å². The number of nitriles is 1. The van der Waals surface area contributed by atoms with Crippen molar-refractivity contribution in [2.45, 2.75) is 20.0 Å². The first-order chi connectivity index (χ1) is 12.5. The number of halogens is 1. The van der Waals surface area contributed by atoms with Crippen molar-refractivity contribution in [1.29, 1.82) is 5.26 Å². The van der Waals surface area contributed by atoms with Gasteiger partial charge in [0.15, 0.2) is 21.6 Å². The predicted molar refractivity (Wildman–Crippen MR) is 96.2 cm³/mol. The zero-order valence-electron chi connectivity index (χ0n) is 13.9. The Morgan fingerprint density at radius 1 is 1.23 bits per heavy atom. The molecule has 3 aromatic rings. The minimum absolute atomic E-state index is 0.0630. The van der Waals surface area contributed by atoms with Crippen molar-refractivity contribution in [2.24, 2.45) is 7.05 Å². The number of imidazole rings is 1. The van der Waals surface area contributed by atoms with Gasteiger partial charge < -0.3 is 4.57 Å². The number of aryl methyl sites for hydroxylation is 1. The Kier molecular flexibility index (Phi) is 4.69. The molecule has 0 atom stereocenters. The van der Waals surface area contributed by atoms with Gasteiger partial charge in [0.05, 0.1) is 18.8 Å². The molecular formula is C16H12BrN7O2. The highest BCUT2D eigenvalue weighted by atomic mass is 79.9. The van der Waals surface area contributed by atoms with Gasteiger partial charge >= 0.3 is 5.69 Å². The van der Waals surface area contributed by atoms with Crippen LogP contribution in [0, 0.1) is 23.2 Å². The Morgan fingerprint density at radius 3 is 2.65 bits per heavy atom. The monoisotopic (exact) mass is 413 g/mol. The molecule has 0 aromatic carbocycles. The molecule has 0 bridgehead atoms. The zero-order chi connectivity index (χ0) is 18.8. The van der Waals surface area contributed by atoms with Crippen LogP contribution < -0.4 is 11.2 Å². The molecule has 3 aromatic heterocycles. The first-order valence-electron chi connectivity index (χ1n) is 7.44. The van der Waals surface area contributed by atoms with E-state index in [9.17, 15) is 9.59 Å². The summed E-state index contributed by atoms with van der Waals surface area (Å²) in [5.41, 5.74) is -0.297. The van der Waals surface area contributed by atoms with Crippen LogP contribution in [0.4, 0.5) is 0 Å². The molecule has 0 radical (unpaired) electrons. The Bertz CT molecular complexity index is 1230. The summed E-state index contributed by atoms with van der Waals surface area (Å²) < 4.78 is 4.28. The molecule has 0 unspecified atom stereocenters. The summed E-state index contributed by atoms with van der Waals surface area (Å²) in [7, 11) is 1.53. The Hall–Kier alpha value is -3.24. The van der Waals surface area contributed by atoms with Gasteiger partial charge in [-0.25, -0.2) is 14.8 Å². The van der Waals surface area contributed by atoms with Gasteiger partial charge in [-0.1, -0.05) is 5.92 Å². The summed E-state index contributed by atoms with van der Waals surface area (Å²) in [6.07, 6.45) is 2.78. The van der Waals surface area contributed by atoms with E-state index in [4.69, 9.17) is 5.26 Å². The molecule has 10 heteroatoms. The van der Waals surface area contributed by atoms with E-state index in [0.717, 1.165) is 4.57 Å². The number of hydrogen-bond donors (Lipinski definition) is 0. The van der Waals surface area contributed by atoms with Gasteiger partial charge in [-0.05, 0) is 22.9 Å². The molecule has 26 heavy (non-hydrogen) atoms. The smallest absolute Gasteiger partial charge is 0.301 e. The molecule has 0 saturated heterocycles. The first kappa shape index (κ1) is 17.6. The SMILES string of the molecule is CC#CCn1c(Br)nc2c1c(=O)n(Cc1nccnc1C#N)c(=O)n2C. The standard InChI is InChI=1S/C16H12BrN7O2/c1-3-4-7-23-12-13(21-15(23)17)22(2)16(26)24(14(12)25)9-11-10(8-18)19-5-6-20-11/h5-6H,7,9H2,1-2H3. The van der Waals surface area contributed by atoms with Crippen molar-refractivity contribution in [3.05, 3.63) is 49.4 Å². The summed E-state index contributed by atoms with van der Waals surface area (Å²) in [5, 5.41) is 9.15. The Morgan fingerprint density at radius 2 is 1.96 bits per heavy atom. The molecule has 0 N–H and O–H groups in total. The highest BCUT2D eigenvalue weighted by Crippen LogP contribution is 2.16. The molecule has 3 rings (SSSR count). The zero-order valence-corrected chi connectivity index (χ0v) is 15.5. The minimum atomic E-state index is -0.559. The molecule has 3 heterocycles. The summed E-state index contributed by atoms with van der Waals surface area (Å²) in [6, 6.07) is 1.91. The van der Waals surface area contributed by atoms with Gasteiger partial charge in [0.25, 0.3) is 5.56 Å². The first-order valence-corrected chi connectivity index (χ1v) is 8.24. The minimum Gasteiger partial charge on any atom is -0.301 e. The van der Waals surface area contributed by atoms with E-state index in [-0.39, 0.29) is 35.6 Å². The van der Waals surface area contributed by atoms with Crippen molar-refractivity contribution in [3.63, 3.8) is 0 Å². The largest absolute Gasteiger partial charge is 0.332 e. The summed E-state index contributed by atoms with van der Waals surface area (Å²) in [5.74, 6) is 5.64. The van der Waals surface area contributed by atoms with Crippen molar-refractivity contribution in [1.82, 2.24) is 28.7 Å². The average Bonchev–Trinajstić information content (AvgIpc) is 2.98. The topological polar surface area (TPSA) is 111 Å². The van der Waals surface area contributed by atoms with Gasteiger partial charge in [0.2, 0.25) is 0 Å². The van der Waals surface area contributed by atoms with E-state index < -0.39 is 11.2 Å². The maximum absolute atomic E-state index is 13.0. The molecule has 0 aliphatic carbocycles. The third kappa shape index (κ3) is 2.80. The van der Waals surface area contributed by atoms with E-state index >= 15 is 0 Å². The molecule has 0 amide bonds. The van der Waals surface area contributed by atoms with Gasteiger partial charge in [0.1, 0.15) is 6.07 Å². The van der Waals surface area contributed by atoms with Gasteiger partial charge in [0, 0.05) is 19.4 Å². The molecule has 0 fully saturated rings. The molecule has 9 nitrogen and oxygen atoms in total. The van der Waals surface area contributed by atoms with E-state index in [0.29, 0.717) is 4.73 Å². The molecule has 0 spiro atoms. The van der Waals surface area contributed by atoms with Crippen molar-refractivity contribution >= 4 is 27.1 Å². The molecule has 0 aliphatic rings. The lowest BCUT2D eigenvalue weighted by atomic mass is 10.3. The number of aromatic nitrogens is 6. The second kappa shape index (κ2) is 6.94. The molecular weight excluding hydrogens is 402 g/mol. The Labute approximate surface area is 155 Å². The van der Waals surface area contributed by atoms with Crippen LogP contribution in [-0.2, 0) is 20.1 Å². The van der Waals surface area contributed by atoms with E-state index in [2.05, 4.69) is 42.7 Å². The summed E-state index contributed by atoms with van der Waals surface area (Å²) >= 11 is 3.30. The third-order valence-corrected chi connectivity index (χ3v) is 4.39. The van der Waals surface area contributed by atoms with Crippen LogP contribution in [0.3, 0.4) is 0 Å². The van der Waals surface area contributed by atoms with Crippen LogP contribution in [0.15, 0.2) is 26.7 Å². The lowest BCUT2D eigenvalue weighted by Crippen LogP contribution is -2.40. The fourth-order valence-electron chi connectivity index (χ4n) is 2.51. The quantitative estimate of drug-likeness (QED) is 0.453. The lowest BCUT2D eigenvalue weighted by Gasteiger charge is -2.09. The molecule has 130 valence electrons. The maximum atomic E-state index is 13.0. The predicted octanol–water partition coefficient (Wildman–Crippen LogP) is 0.392. The van der Waals surface area contributed by atoms with Crippen LogP contribution >= 0.6 is 15.9 Å². The lowest BCUT2D eigenvalue weighted by molar-refractivity contribution is 0.641. The summed E-state index contributed by atoms with van der Waals surface area (Å²) in [4.78, 5) is 37.9. The van der Waals surface area contributed by atoms with E-state index in [1.165, 1.54) is 24.0 Å². The van der Waals surface area contributed by atoms with Crippen LogP contribution in [0.25, 0.3) is 11.2 Å². The summed E-state index contributed by atoms with van der Waals surface area (Å²) in [6.45, 7) is 1.77. The van der Waals surface area contributed by atoms with Crippen molar-refractivity contribution in [2.75, 3.05) is 0 Å². The van der Waals surface area contributed by atoms with Gasteiger partial charge in [-0.15, -0.1) is 5.92 Å². The average molecular weight is 414 g/mol. The van der Waals surface area contributed by atoms with Crippen molar-refractivity contribution in [3.8, 4) is 17.9 Å². The van der Waals surface area contributed by atoms with E-state index in [1.807, 2.05) is 6.07 Å². The number of rotatable bonds is 3. The number of fused-ring (bicyclic) bond motifs is 1. The fourth-order valence-corrected chi connectivity index (χ4v) is 2.98. The highest BCUT2D eigenvalue weighted by Gasteiger charge is 2.20. The highest BCUT2D eigenvalue weighted by molar-refractivity contribution is 9.10. The fraction of sp³-hybridized carbons (Fsp3) is 0.250. The van der Waals surface area contributed by atoms with E-state index in [1.54, 1.807) is 11.5 Å². The second-order valence-electron chi connectivity index (χ2n) is 5.26. The second-order valence-corrected chi connectivity index (χ2v) is 5.97. The van der Waals surface area contributed by atoms with Gasteiger partial charge in [-0.3, -0.25) is 18.9 Å². The van der Waals surface area contributed by atoms with Crippen molar-refractivity contribution < 1.29 is 0 Å².